The lowest BCUT2D eigenvalue weighted by Crippen LogP contribution is -1.91. The van der Waals surface area contributed by atoms with Gasteiger partial charge in [-0.25, -0.2) is 0 Å². The van der Waals surface area contributed by atoms with E-state index < -0.39 is 4.92 Å². The second kappa shape index (κ2) is 4.33. The summed E-state index contributed by atoms with van der Waals surface area (Å²) in [5.41, 5.74) is 1.28. The average Bonchev–Trinajstić information content (AvgIpc) is 2.29. The SMILES string of the molecule is O=[N+]([O-])c1ccccc1-c1ccccc1Cl. The molecule has 0 fully saturated rings. The highest BCUT2D eigenvalue weighted by Crippen LogP contribution is 2.33. The zero-order valence-corrected chi connectivity index (χ0v) is 9.02. The van der Waals surface area contributed by atoms with E-state index in [1.54, 1.807) is 42.5 Å². The molecule has 0 bridgehead atoms. The minimum absolute atomic E-state index is 0.0654. The Hall–Kier alpha value is -1.87. The van der Waals surface area contributed by atoms with Gasteiger partial charge in [-0.1, -0.05) is 41.9 Å². The Morgan fingerprint density at radius 3 is 2.12 bits per heavy atom. The molecule has 80 valence electrons. The van der Waals surface area contributed by atoms with Gasteiger partial charge in [-0.05, 0) is 12.1 Å². The molecular formula is C12H8ClNO2. The number of hydrogen-bond donors (Lipinski definition) is 0. The number of hydrogen-bond acceptors (Lipinski definition) is 2. The molecule has 16 heavy (non-hydrogen) atoms. The molecule has 3 nitrogen and oxygen atoms in total. The summed E-state index contributed by atoms with van der Waals surface area (Å²) in [6, 6.07) is 13.6. The molecule has 2 aromatic rings. The van der Waals surface area contributed by atoms with Crippen LogP contribution in [-0.2, 0) is 0 Å². The van der Waals surface area contributed by atoms with Crippen LogP contribution in [0.25, 0.3) is 11.1 Å². The first-order chi connectivity index (χ1) is 7.70. The summed E-state index contributed by atoms with van der Waals surface area (Å²) in [7, 11) is 0. The Kier molecular flexibility index (Phi) is 2.88. The number of benzene rings is 2. The van der Waals surface area contributed by atoms with Gasteiger partial charge in [0.2, 0.25) is 0 Å². The third-order valence-corrected chi connectivity index (χ3v) is 2.59. The van der Waals surface area contributed by atoms with Gasteiger partial charge in [0.05, 0.1) is 10.5 Å². The third-order valence-electron chi connectivity index (χ3n) is 2.26. The standard InChI is InChI=1S/C12H8ClNO2/c13-11-7-3-1-5-9(11)10-6-2-4-8-12(10)14(15)16/h1-8H. The lowest BCUT2D eigenvalue weighted by molar-refractivity contribution is -0.384. The predicted molar refractivity (Wildman–Crippen MR) is 63.5 cm³/mol. The van der Waals surface area contributed by atoms with Crippen molar-refractivity contribution < 1.29 is 4.92 Å². The summed E-state index contributed by atoms with van der Waals surface area (Å²) in [6.07, 6.45) is 0. The highest BCUT2D eigenvalue weighted by Gasteiger charge is 2.15. The van der Waals surface area contributed by atoms with Gasteiger partial charge in [-0.3, -0.25) is 10.1 Å². The molecule has 0 atom stereocenters. The predicted octanol–water partition coefficient (Wildman–Crippen LogP) is 3.92. The van der Waals surface area contributed by atoms with E-state index in [9.17, 15) is 10.1 Å². The van der Waals surface area contributed by atoms with Crippen molar-refractivity contribution in [1.29, 1.82) is 0 Å². The molecule has 4 heteroatoms. The van der Waals surface area contributed by atoms with Crippen molar-refractivity contribution in [3.05, 3.63) is 63.7 Å². The van der Waals surface area contributed by atoms with Crippen molar-refractivity contribution in [3.8, 4) is 11.1 Å². The molecule has 0 radical (unpaired) electrons. The molecule has 0 spiro atoms. The molecule has 0 aliphatic carbocycles. The van der Waals surface area contributed by atoms with Gasteiger partial charge in [0.25, 0.3) is 5.69 Å². The number of para-hydroxylation sites is 1. The molecule has 0 unspecified atom stereocenters. The van der Waals surface area contributed by atoms with E-state index in [-0.39, 0.29) is 5.69 Å². The molecule has 0 aliphatic rings. The molecule has 0 aliphatic heterocycles. The smallest absolute Gasteiger partial charge is 0.258 e. The number of nitrogens with zero attached hydrogens (tertiary/aromatic N) is 1. The first kappa shape index (κ1) is 10.6. The minimum atomic E-state index is -0.404. The summed E-state index contributed by atoms with van der Waals surface area (Å²) >= 11 is 6.01. The molecule has 0 amide bonds. The maximum atomic E-state index is 10.9. The Bertz CT molecular complexity index is 540. The van der Waals surface area contributed by atoms with Crippen LogP contribution in [0.15, 0.2) is 48.5 Å². The fraction of sp³-hybridized carbons (Fsp3) is 0. The Morgan fingerprint density at radius 1 is 0.938 bits per heavy atom. The molecular weight excluding hydrogens is 226 g/mol. The topological polar surface area (TPSA) is 43.1 Å². The van der Waals surface area contributed by atoms with Gasteiger partial charge >= 0.3 is 0 Å². The summed E-state index contributed by atoms with van der Waals surface area (Å²) in [6.45, 7) is 0. The van der Waals surface area contributed by atoms with Crippen molar-refractivity contribution >= 4 is 17.3 Å². The monoisotopic (exact) mass is 233 g/mol. The molecule has 0 saturated heterocycles. The lowest BCUT2D eigenvalue weighted by Gasteiger charge is -2.04. The van der Waals surface area contributed by atoms with Crippen molar-refractivity contribution in [2.75, 3.05) is 0 Å². The molecule has 0 heterocycles. The van der Waals surface area contributed by atoms with Crippen LogP contribution in [0, 0.1) is 10.1 Å². The van der Waals surface area contributed by atoms with Crippen molar-refractivity contribution in [1.82, 2.24) is 0 Å². The number of halogens is 1. The average molecular weight is 234 g/mol. The third kappa shape index (κ3) is 1.90. The van der Waals surface area contributed by atoms with Gasteiger partial charge in [0.1, 0.15) is 0 Å². The lowest BCUT2D eigenvalue weighted by atomic mass is 10.0. The Balaban J connectivity index is 2.65. The summed E-state index contributed by atoms with van der Waals surface area (Å²) < 4.78 is 0. The van der Waals surface area contributed by atoms with Crippen LogP contribution in [-0.4, -0.2) is 4.92 Å². The first-order valence-corrected chi connectivity index (χ1v) is 5.06. The quantitative estimate of drug-likeness (QED) is 0.583. The maximum Gasteiger partial charge on any atom is 0.277 e. The molecule has 0 saturated carbocycles. The van der Waals surface area contributed by atoms with Gasteiger partial charge in [0, 0.05) is 16.7 Å². The summed E-state index contributed by atoms with van der Waals surface area (Å²) in [5, 5.41) is 11.4. The first-order valence-electron chi connectivity index (χ1n) is 4.68. The zero-order chi connectivity index (χ0) is 11.5. The van der Waals surface area contributed by atoms with E-state index in [0.717, 1.165) is 0 Å². The maximum absolute atomic E-state index is 10.9. The Labute approximate surface area is 97.4 Å². The second-order valence-corrected chi connectivity index (χ2v) is 3.66. The van der Waals surface area contributed by atoms with Crippen molar-refractivity contribution in [3.63, 3.8) is 0 Å². The van der Waals surface area contributed by atoms with Crippen LogP contribution >= 0.6 is 11.6 Å². The normalized spacial score (nSPS) is 10.1. The highest BCUT2D eigenvalue weighted by molar-refractivity contribution is 6.33. The van der Waals surface area contributed by atoms with E-state index in [4.69, 9.17) is 11.6 Å². The van der Waals surface area contributed by atoms with Gasteiger partial charge in [-0.2, -0.15) is 0 Å². The van der Waals surface area contributed by atoms with Gasteiger partial charge in [0.15, 0.2) is 0 Å². The van der Waals surface area contributed by atoms with Crippen LogP contribution in [0.2, 0.25) is 5.02 Å². The van der Waals surface area contributed by atoms with E-state index in [1.165, 1.54) is 6.07 Å². The number of nitro groups is 1. The second-order valence-electron chi connectivity index (χ2n) is 3.25. The van der Waals surface area contributed by atoms with Crippen LogP contribution in [0.3, 0.4) is 0 Å². The van der Waals surface area contributed by atoms with Crippen molar-refractivity contribution in [2.24, 2.45) is 0 Å². The summed E-state index contributed by atoms with van der Waals surface area (Å²) in [5.74, 6) is 0. The molecule has 0 aromatic heterocycles. The van der Waals surface area contributed by atoms with Crippen LogP contribution in [0.1, 0.15) is 0 Å². The van der Waals surface area contributed by atoms with Crippen LogP contribution in [0.5, 0.6) is 0 Å². The van der Waals surface area contributed by atoms with E-state index >= 15 is 0 Å². The summed E-state index contributed by atoms with van der Waals surface area (Å²) in [4.78, 5) is 10.5. The Morgan fingerprint density at radius 2 is 1.50 bits per heavy atom. The fourth-order valence-corrected chi connectivity index (χ4v) is 1.78. The molecule has 0 N–H and O–H groups in total. The van der Waals surface area contributed by atoms with Gasteiger partial charge < -0.3 is 0 Å². The minimum Gasteiger partial charge on any atom is -0.258 e. The zero-order valence-electron chi connectivity index (χ0n) is 8.26. The van der Waals surface area contributed by atoms with Gasteiger partial charge in [-0.15, -0.1) is 0 Å². The van der Waals surface area contributed by atoms with Crippen LogP contribution < -0.4 is 0 Å². The van der Waals surface area contributed by atoms with E-state index in [0.29, 0.717) is 16.1 Å². The highest BCUT2D eigenvalue weighted by atomic mass is 35.5. The van der Waals surface area contributed by atoms with E-state index in [2.05, 4.69) is 0 Å². The fourth-order valence-electron chi connectivity index (χ4n) is 1.54. The number of rotatable bonds is 2. The van der Waals surface area contributed by atoms with E-state index in [1.807, 2.05) is 0 Å². The van der Waals surface area contributed by atoms with Crippen molar-refractivity contribution in [2.45, 2.75) is 0 Å². The number of nitro benzene ring substituents is 1. The largest absolute Gasteiger partial charge is 0.277 e. The molecule has 2 rings (SSSR count). The van der Waals surface area contributed by atoms with Crippen LogP contribution in [0.4, 0.5) is 5.69 Å². The molecule has 2 aromatic carbocycles.